The van der Waals surface area contributed by atoms with E-state index in [2.05, 4.69) is 15.5 Å². The van der Waals surface area contributed by atoms with Crippen LogP contribution in [0.15, 0.2) is 48.5 Å². The van der Waals surface area contributed by atoms with E-state index >= 15 is 0 Å². The number of benzene rings is 2. The van der Waals surface area contributed by atoms with Crippen molar-refractivity contribution in [3.05, 3.63) is 70.2 Å². The lowest BCUT2D eigenvalue weighted by atomic mass is 10.1. The van der Waals surface area contributed by atoms with Crippen molar-refractivity contribution in [2.45, 2.75) is 32.9 Å². The van der Waals surface area contributed by atoms with Crippen LogP contribution in [-0.2, 0) is 11.3 Å². The summed E-state index contributed by atoms with van der Waals surface area (Å²) >= 11 is 5.30. The molecule has 1 amide bonds. The Labute approximate surface area is 162 Å². The van der Waals surface area contributed by atoms with E-state index in [-0.39, 0.29) is 24.2 Å². The summed E-state index contributed by atoms with van der Waals surface area (Å²) in [6, 6.07) is 13.9. The smallest absolute Gasteiger partial charge is 0.222 e. The number of amides is 1. The normalized spacial score (nSPS) is 12.0. The molecule has 0 aliphatic rings. The number of nitrogens with zero attached hydrogens (tertiary/aromatic N) is 2. The fourth-order valence-corrected chi connectivity index (χ4v) is 3.06. The average molecular weight is 384 g/mol. The summed E-state index contributed by atoms with van der Waals surface area (Å²) in [6.45, 7) is 4.25. The number of carbonyl (C=O) groups excluding carboxylic acids is 1. The van der Waals surface area contributed by atoms with Crippen molar-refractivity contribution in [2.75, 3.05) is 0 Å². The zero-order chi connectivity index (χ0) is 19.4. The Balaban J connectivity index is 1.66. The second-order valence-corrected chi connectivity index (χ2v) is 6.85. The van der Waals surface area contributed by atoms with E-state index in [1.54, 1.807) is 12.1 Å². The molecule has 1 unspecified atom stereocenters. The molecule has 7 heteroatoms. The van der Waals surface area contributed by atoms with Gasteiger partial charge in [-0.25, -0.2) is 4.39 Å². The number of H-pyrrole nitrogens is 1. The fourth-order valence-electron chi connectivity index (χ4n) is 2.83. The first-order valence-electron chi connectivity index (χ1n) is 8.71. The molecule has 3 rings (SSSR count). The molecule has 0 aliphatic heterocycles. The lowest BCUT2D eigenvalue weighted by Gasteiger charge is -2.15. The van der Waals surface area contributed by atoms with Gasteiger partial charge in [0.05, 0.1) is 6.04 Å². The topological polar surface area (TPSA) is 62.7 Å². The highest BCUT2D eigenvalue weighted by Crippen LogP contribution is 2.18. The van der Waals surface area contributed by atoms with Gasteiger partial charge in [0.2, 0.25) is 5.91 Å². The highest BCUT2D eigenvalue weighted by Gasteiger charge is 2.13. The molecule has 27 heavy (non-hydrogen) atoms. The van der Waals surface area contributed by atoms with Gasteiger partial charge in [0.1, 0.15) is 5.82 Å². The van der Waals surface area contributed by atoms with E-state index in [9.17, 15) is 9.18 Å². The third-order valence-electron chi connectivity index (χ3n) is 4.36. The first kappa shape index (κ1) is 19.0. The van der Waals surface area contributed by atoms with Crippen LogP contribution in [0.1, 0.15) is 30.5 Å². The van der Waals surface area contributed by atoms with Gasteiger partial charge in [-0.05, 0) is 43.8 Å². The Morgan fingerprint density at radius 2 is 2.04 bits per heavy atom. The maximum absolute atomic E-state index is 13.3. The molecule has 2 N–H and O–H groups in total. The van der Waals surface area contributed by atoms with Gasteiger partial charge in [-0.3, -0.25) is 14.5 Å². The molecule has 1 atom stereocenters. The van der Waals surface area contributed by atoms with Gasteiger partial charge in [0, 0.05) is 18.5 Å². The first-order chi connectivity index (χ1) is 12.9. The number of aromatic nitrogens is 3. The molecular formula is C20H21FN4OS. The summed E-state index contributed by atoms with van der Waals surface area (Å²) in [5.74, 6) is 0.247. The van der Waals surface area contributed by atoms with Crippen molar-refractivity contribution in [3.63, 3.8) is 0 Å². The third-order valence-corrected chi connectivity index (χ3v) is 4.67. The van der Waals surface area contributed by atoms with Crippen LogP contribution in [0.3, 0.4) is 0 Å². The van der Waals surface area contributed by atoms with E-state index in [4.69, 9.17) is 12.2 Å². The summed E-state index contributed by atoms with van der Waals surface area (Å²) in [5, 5.41) is 9.96. The zero-order valence-electron chi connectivity index (χ0n) is 15.2. The molecule has 2 aromatic carbocycles. The fraction of sp³-hybridized carbons (Fsp3) is 0.250. The van der Waals surface area contributed by atoms with Gasteiger partial charge in [-0.1, -0.05) is 42.0 Å². The largest absolute Gasteiger partial charge is 0.350 e. The lowest BCUT2D eigenvalue weighted by molar-refractivity contribution is -0.121. The van der Waals surface area contributed by atoms with Crippen LogP contribution in [0, 0.1) is 17.5 Å². The van der Waals surface area contributed by atoms with Crippen LogP contribution < -0.4 is 5.32 Å². The summed E-state index contributed by atoms with van der Waals surface area (Å²) in [4.78, 5) is 12.3. The minimum atomic E-state index is -0.318. The molecule has 0 saturated carbocycles. The second kappa shape index (κ2) is 8.26. The van der Waals surface area contributed by atoms with Gasteiger partial charge in [-0.15, -0.1) is 0 Å². The first-order valence-corrected chi connectivity index (χ1v) is 9.12. The van der Waals surface area contributed by atoms with Crippen LogP contribution in [-0.4, -0.2) is 20.7 Å². The quantitative estimate of drug-likeness (QED) is 0.622. The Morgan fingerprint density at radius 3 is 2.74 bits per heavy atom. The molecule has 5 nitrogen and oxygen atoms in total. The molecule has 1 heterocycles. The standard InChI is InChI=1S/C20H21FN4OS/c1-13-6-8-15(9-7-13)19-23-24-20(27)25(19)11-10-18(26)22-14(2)16-4-3-5-17(21)12-16/h3-9,12,14H,10-11H2,1-2H3,(H,22,26)(H,24,27). The average Bonchev–Trinajstić information content (AvgIpc) is 3.01. The molecule has 0 radical (unpaired) electrons. The van der Waals surface area contributed by atoms with Crippen molar-refractivity contribution >= 4 is 18.1 Å². The molecule has 1 aromatic heterocycles. The highest BCUT2D eigenvalue weighted by molar-refractivity contribution is 7.71. The maximum atomic E-state index is 13.3. The predicted molar refractivity (Wildman–Crippen MR) is 105 cm³/mol. The lowest BCUT2D eigenvalue weighted by Crippen LogP contribution is -2.27. The van der Waals surface area contributed by atoms with E-state index in [1.165, 1.54) is 12.1 Å². The maximum Gasteiger partial charge on any atom is 0.222 e. The van der Waals surface area contributed by atoms with Crippen molar-refractivity contribution in [1.82, 2.24) is 20.1 Å². The molecule has 0 fully saturated rings. The second-order valence-electron chi connectivity index (χ2n) is 6.46. The predicted octanol–water partition coefficient (Wildman–Crippen LogP) is 4.32. The Kier molecular flexibility index (Phi) is 5.81. The van der Waals surface area contributed by atoms with E-state index < -0.39 is 0 Å². The summed E-state index contributed by atoms with van der Waals surface area (Å²) in [5.41, 5.74) is 2.82. The van der Waals surface area contributed by atoms with Gasteiger partial charge in [0.15, 0.2) is 10.6 Å². The van der Waals surface area contributed by atoms with Gasteiger partial charge in [0.25, 0.3) is 0 Å². The molecule has 0 spiro atoms. The monoisotopic (exact) mass is 384 g/mol. The van der Waals surface area contributed by atoms with Crippen molar-refractivity contribution in [3.8, 4) is 11.4 Å². The number of nitrogens with one attached hydrogen (secondary N) is 2. The number of hydrogen-bond acceptors (Lipinski definition) is 3. The van der Waals surface area contributed by atoms with Crippen LogP contribution in [0.25, 0.3) is 11.4 Å². The van der Waals surface area contributed by atoms with Gasteiger partial charge < -0.3 is 5.32 Å². The Bertz CT molecular complexity index is 994. The number of halogens is 1. The summed E-state index contributed by atoms with van der Waals surface area (Å²) < 4.78 is 15.6. The van der Waals surface area contributed by atoms with Crippen LogP contribution in [0.2, 0.25) is 0 Å². The van der Waals surface area contributed by atoms with Crippen molar-refractivity contribution in [2.24, 2.45) is 0 Å². The molecule has 0 bridgehead atoms. The number of rotatable bonds is 6. The number of carbonyl (C=O) groups is 1. The summed E-state index contributed by atoms with van der Waals surface area (Å²) in [6.07, 6.45) is 0.242. The Hall–Kier alpha value is -2.80. The molecule has 140 valence electrons. The van der Waals surface area contributed by atoms with Crippen LogP contribution in [0.4, 0.5) is 4.39 Å². The highest BCUT2D eigenvalue weighted by atomic mass is 32.1. The minimum absolute atomic E-state index is 0.135. The van der Waals surface area contributed by atoms with Gasteiger partial charge in [-0.2, -0.15) is 5.10 Å². The zero-order valence-corrected chi connectivity index (χ0v) is 16.0. The molecule has 0 aliphatic carbocycles. The number of aryl methyl sites for hydroxylation is 1. The van der Waals surface area contributed by atoms with Crippen molar-refractivity contribution < 1.29 is 9.18 Å². The van der Waals surface area contributed by atoms with Crippen LogP contribution in [0.5, 0.6) is 0 Å². The number of hydrogen-bond donors (Lipinski definition) is 2. The molecular weight excluding hydrogens is 363 g/mol. The van der Waals surface area contributed by atoms with E-state index in [0.29, 0.717) is 17.1 Å². The van der Waals surface area contributed by atoms with Gasteiger partial charge >= 0.3 is 0 Å². The SMILES string of the molecule is Cc1ccc(-c2n[nH]c(=S)n2CCC(=O)NC(C)c2cccc(F)c2)cc1. The van der Waals surface area contributed by atoms with E-state index in [0.717, 1.165) is 16.7 Å². The molecule has 3 aromatic rings. The Morgan fingerprint density at radius 1 is 1.30 bits per heavy atom. The minimum Gasteiger partial charge on any atom is -0.350 e. The number of aromatic amines is 1. The summed E-state index contributed by atoms with van der Waals surface area (Å²) in [7, 11) is 0. The van der Waals surface area contributed by atoms with Crippen LogP contribution >= 0.6 is 12.2 Å². The van der Waals surface area contributed by atoms with Crippen molar-refractivity contribution in [1.29, 1.82) is 0 Å². The molecule has 0 saturated heterocycles. The third kappa shape index (κ3) is 4.68. The van der Waals surface area contributed by atoms with E-state index in [1.807, 2.05) is 42.7 Å².